The molecule has 0 bridgehead atoms. The average Bonchev–Trinajstić information content (AvgIpc) is 3.08. The zero-order valence-electron chi connectivity index (χ0n) is 11.4. The van der Waals surface area contributed by atoms with Gasteiger partial charge >= 0.3 is 0 Å². The summed E-state index contributed by atoms with van der Waals surface area (Å²) in [6.07, 6.45) is 3.66. The Morgan fingerprint density at radius 1 is 1.35 bits per heavy atom. The number of benzene rings is 1. The normalized spacial score (nSPS) is 11.1. The van der Waals surface area contributed by atoms with Gasteiger partial charge in [-0.15, -0.1) is 11.3 Å². The van der Waals surface area contributed by atoms with Crippen LogP contribution in [0.4, 0.5) is 0 Å². The van der Waals surface area contributed by atoms with E-state index in [-0.39, 0.29) is 0 Å². The maximum absolute atomic E-state index is 5.85. The van der Waals surface area contributed by atoms with Gasteiger partial charge in [-0.2, -0.15) is 5.10 Å². The zero-order valence-corrected chi connectivity index (χ0v) is 12.2. The number of nitrogens with two attached hydrogens (primary N) is 1. The summed E-state index contributed by atoms with van der Waals surface area (Å²) in [5.41, 5.74) is 7.04. The van der Waals surface area contributed by atoms with Crippen molar-refractivity contribution < 1.29 is 4.74 Å². The van der Waals surface area contributed by atoms with Crippen LogP contribution >= 0.6 is 11.3 Å². The Kier molecular flexibility index (Phi) is 3.71. The molecule has 0 saturated heterocycles. The van der Waals surface area contributed by atoms with E-state index >= 15 is 0 Å². The number of hydrogen-bond acceptors (Lipinski definition) is 4. The van der Waals surface area contributed by atoms with Crippen LogP contribution in [0.25, 0.3) is 10.1 Å². The summed E-state index contributed by atoms with van der Waals surface area (Å²) in [5, 5.41) is 5.45. The molecule has 2 heterocycles. The first-order valence-electron chi connectivity index (χ1n) is 6.66. The first-order chi connectivity index (χ1) is 9.81. The molecule has 0 aliphatic heterocycles. The van der Waals surface area contributed by atoms with Gasteiger partial charge in [0.1, 0.15) is 6.61 Å². The minimum atomic E-state index is 0.534. The molecule has 5 heteroatoms. The summed E-state index contributed by atoms with van der Waals surface area (Å²) in [4.78, 5) is 1.19. The van der Waals surface area contributed by atoms with Crippen LogP contribution in [0.3, 0.4) is 0 Å². The van der Waals surface area contributed by atoms with E-state index in [9.17, 15) is 0 Å². The number of fused-ring (bicyclic) bond motifs is 1. The van der Waals surface area contributed by atoms with Crippen molar-refractivity contribution in [3.63, 3.8) is 0 Å². The summed E-state index contributed by atoms with van der Waals surface area (Å²) < 4.78 is 8.96. The lowest BCUT2D eigenvalue weighted by molar-refractivity contribution is 0.306. The van der Waals surface area contributed by atoms with Gasteiger partial charge in [0.25, 0.3) is 0 Å². The number of nitrogens with zero attached hydrogens (tertiary/aromatic N) is 2. The van der Waals surface area contributed by atoms with E-state index in [0.717, 1.165) is 12.3 Å². The van der Waals surface area contributed by atoms with E-state index in [2.05, 4.69) is 30.2 Å². The number of aryl methyl sites for hydroxylation is 1. The second-order valence-corrected chi connectivity index (χ2v) is 5.66. The highest BCUT2D eigenvalue weighted by atomic mass is 32.1. The molecular weight excluding hydrogens is 270 g/mol. The fourth-order valence-corrected chi connectivity index (χ4v) is 3.31. The zero-order chi connectivity index (χ0) is 13.9. The largest absolute Gasteiger partial charge is 0.486 e. The van der Waals surface area contributed by atoms with Gasteiger partial charge in [-0.1, -0.05) is 18.2 Å². The Hall–Kier alpha value is -1.85. The molecule has 0 radical (unpaired) electrons. The van der Waals surface area contributed by atoms with E-state index in [0.29, 0.717) is 13.2 Å². The Balaban J connectivity index is 1.86. The molecule has 20 heavy (non-hydrogen) atoms. The predicted octanol–water partition coefficient (Wildman–Crippen LogP) is 3.16. The van der Waals surface area contributed by atoms with E-state index < -0.39 is 0 Å². The molecule has 0 amide bonds. The number of thiophene rings is 1. The molecule has 0 aliphatic carbocycles. The van der Waals surface area contributed by atoms with E-state index in [1.165, 1.54) is 20.5 Å². The predicted molar refractivity (Wildman–Crippen MR) is 81.9 cm³/mol. The van der Waals surface area contributed by atoms with Gasteiger partial charge in [0, 0.05) is 28.2 Å². The molecule has 2 N–H and O–H groups in total. The van der Waals surface area contributed by atoms with Gasteiger partial charge in [-0.05, 0) is 18.4 Å². The van der Waals surface area contributed by atoms with Crippen molar-refractivity contribution in [3.8, 4) is 5.75 Å². The molecule has 3 rings (SSSR count). The molecule has 0 fully saturated rings. The smallest absolute Gasteiger partial charge is 0.157 e. The summed E-state index contributed by atoms with van der Waals surface area (Å²) in [6, 6.07) is 8.35. The molecule has 4 nitrogen and oxygen atoms in total. The van der Waals surface area contributed by atoms with Crippen LogP contribution in [-0.4, -0.2) is 9.78 Å². The van der Waals surface area contributed by atoms with Crippen molar-refractivity contribution in [2.45, 2.75) is 26.6 Å². The van der Waals surface area contributed by atoms with Crippen LogP contribution in [0, 0.1) is 0 Å². The van der Waals surface area contributed by atoms with E-state index in [1.807, 2.05) is 16.9 Å². The van der Waals surface area contributed by atoms with Crippen LogP contribution in [0.1, 0.15) is 17.4 Å². The van der Waals surface area contributed by atoms with Crippen molar-refractivity contribution in [3.05, 3.63) is 47.1 Å². The fraction of sp³-hybridized carbons (Fsp3) is 0.267. The third-order valence-corrected chi connectivity index (χ3v) is 4.52. The Morgan fingerprint density at radius 3 is 2.95 bits per heavy atom. The van der Waals surface area contributed by atoms with Gasteiger partial charge in [0.15, 0.2) is 5.75 Å². The SMILES string of the molecule is CCn1cc(OCc2c(CN)sc3ccccc23)cn1. The number of rotatable bonds is 5. The van der Waals surface area contributed by atoms with E-state index in [1.54, 1.807) is 17.5 Å². The van der Waals surface area contributed by atoms with Crippen LogP contribution in [0.15, 0.2) is 36.7 Å². The van der Waals surface area contributed by atoms with Crippen LogP contribution in [0.5, 0.6) is 5.75 Å². The van der Waals surface area contributed by atoms with Gasteiger partial charge < -0.3 is 10.5 Å². The van der Waals surface area contributed by atoms with Crippen molar-refractivity contribution in [2.24, 2.45) is 5.73 Å². The second kappa shape index (κ2) is 5.64. The molecule has 0 spiro atoms. The molecule has 1 aromatic carbocycles. The minimum absolute atomic E-state index is 0.534. The first-order valence-corrected chi connectivity index (χ1v) is 7.48. The fourth-order valence-electron chi connectivity index (χ4n) is 2.22. The third kappa shape index (κ3) is 2.42. The first kappa shape index (κ1) is 13.1. The second-order valence-electron chi connectivity index (χ2n) is 4.52. The lowest BCUT2D eigenvalue weighted by atomic mass is 10.1. The highest BCUT2D eigenvalue weighted by molar-refractivity contribution is 7.19. The van der Waals surface area contributed by atoms with Gasteiger partial charge in [0.2, 0.25) is 0 Å². The van der Waals surface area contributed by atoms with Crippen LogP contribution in [-0.2, 0) is 19.7 Å². The van der Waals surface area contributed by atoms with Crippen LogP contribution < -0.4 is 10.5 Å². The number of ether oxygens (including phenoxy) is 1. The van der Waals surface area contributed by atoms with E-state index in [4.69, 9.17) is 10.5 Å². The lowest BCUT2D eigenvalue weighted by Crippen LogP contribution is -2.01. The monoisotopic (exact) mass is 287 g/mol. The molecule has 0 unspecified atom stereocenters. The standard InChI is InChI=1S/C15H17N3OS/c1-2-18-9-11(8-17-18)19-10-13-12-5-3-4-6-14(12)20-15(13)7-16/h3-6,8-9H,2,7,10,16H2,1H3. The molecule has 0 saturated carbocycles. The highest BCUT2D eigenvalue weighted by Gasteiger charge is 2.11. The topological polar surface area (TPSA) is 53.1 Å². The Morgan fingerprint density at radius 2 is 2.20 bits per heavy atom. The highest BCUT2D eigenvalue weighted by Crippen LogP contribution is 2.31. The summed E-state index contributed by atoms with van der Waals surface area (Å²) >= 11 is 1.74. The third-order valence-electron chi connectivity index (χ3n) is 3.28. The maximum atomic E-state index is 5.85. The Labute approximate surface area is 121 Å². The minimum Gasteiger partial charge on any atom is -0.486 e. The van der Waals surface area contributed by atoms with Gasteiger partial charge in [-0.25, -0.2) is 0 Å². The molecule has 0 atom stereocenters. The molecule has 2 aromatic heterocycles. The molecule has 0 aliphatic rings. The van der Waals surface area contributed by atoms with Crippen LogP contribution in [0.2, 0.25) is 0 Å². The number of aromatic nitrogens is 2. The number of hydrogen-bond donors (Lipinski definition) is 1. The van der Waals surface area contributed by atoms with Gasteiger partial charge in [-0.3, -0.25) is 4.68 Å². The lowest BCUT2D eigenvalue weighted by Gasteiger charge is -2.05. The van der Waals surface area contributed by atoms with Crippen molar-refractivity contribution >= 4 is 21.4 Å². The summed E-state index contributed by atoms with van der Waals surface area (Å²) in [6.45, 7) is 3.98. The quantitative estimate of drug-likeness (QED) is 0.784. The Bertz CT molecular complexity index is 717. The average molecular weight is 287 g/mol. The molecule has 3 aromatic rings. The molecular formula is C15H17N3OS. The maximum Gasteiger partial charge on any atom is 0.157 e. The van der Waals surface area contributed by atoms with Crippen molar-refractivity contribution in [1.82, 2.24) is 9.78 Å². The summed E-state index contributed by atoms with van der Waals surface area (Å²) in [7, 11) is 0. The van der Waals surface area contributed by atoms with Crippen molar-refractivity contribution in [1.29, 1.82) is 0 Å². The molecule has 104 valence electrons. The summed E-state index contributed by atoms with van der Waals surface area (Å²) in [5.74, 6) is 0.796. The van der Waals surface area contributed by atoms with Crippen molar-refractivity contribution in [2.75, 3.05) is 0 Å². The van der Waals surface area contributed by atoms with Gasteiger partial charge in [0.05, 0.1) is 12.4 Å².